The fraction of sp³-hybridized carbons (Fsp3) is 0.480. The van der Waals surface area contributed by atoms with Gasteiger partial charge in [0, 0.05) is 49.4 Å². The minimum atomic E-state index is -0.856. The molecule has 1 fully saturated rings. The Morgan fingerprint density at radius 2 is 1.97 bits per heavy atom. The number of hydrogen-bond acceptors (Lipinski definition) is 10. The molecule has 37 heavy (non-hydrogen) atoms. The lowest BCUT2D eigenvalue weighted by molar-refractivity contribution is -0.144. The van der Waals surface area contributed by atoms with Crippen LogP contribution in [0.3, 0.4) is 0 Å². The van der Waals surface area contributed by atoms with Crippen LogP contribution in [0.15, 0.2) is 34.6 Å². The van der Waals surface area contributed by atoms with Gasteiger partial charge >= 0.3 is 18.0 Å². The van der Waals surface area contributed by atoms with Crippen LogP contribution in [0, 0.1) is 0 Å². The number of carboxylic acids is 1. The number of ether oxygens (including phenoxy) is 2. The third kappa shape index (κ3) is 8.92. The van der Waals surface area contributed by atoms with Crippen LogP contribution in [0.4, 0.5) is 9.93 Å². The number of carbonyl (C=O) groups is 3. The van der Waals surface area contributed by atoms with Crippen LogP contribution >= 0.6 is 11.3 Å². The molecule has 0 aliphatic carbocycles. The lowest BCUT2D eigenvalue weighted by Crippen LogP contribution is -2.47. The molecule has 200 valence electrons. The first kappa shape index (κ1) is 28.2. The van der Waals surface area contributed by atoms with Gasteiger partial charge in [0.05, 0.1) is 25.3 Å². The molecule has 1 aliphatic heterocycles. The van der Waals surface area contributed by atoms with E-state index in [1.54, 1.807) is 6.92 Å². The number of aliphatic imine (C=N–C) groups is 1. The van der Waals surface area contributed by atoms with Gasteiger partial charge < -0.3 is 25.2 Å². The van der Waals surface area contributed by atoms with Crippen LogP contribution in [0.1, 0.15) is 31.7 Å². The van der Waals surface area contributed by atoms with E-state index in [4.69, 9.17) is 20.2 Å². The predicted molar refractivity (Wildman–Crippen MR) is 141 cm³/mol. The van der Waals surface area contributed by atoms with Gasteiger partial charge in [-0.1, -0.05) is 24.3 Å². The van der Waals surface area contributed by atoms with Crippen LogP contribution in [-0.4, -0.2) is 91.2 Å². The smallest absolute Gasteiger partial charge is 0.433 e. The van der Waals surface area contributed by atoms with Gasteiger partial charge in [-0.2, -0.15) is 4.99 Å². The summed E-state index contributed by atoms with van der Waals surface area (Å²) in [4.78, 5) is 47.3. The second kappa shape index (κ2) is 14.4. The Labute approximate surface area is 219 Å². The van der Waals surface area contributed by atoms with Gasteiger partial charge in [-0.3, -0.25) is 14.5 Å². The number of likely N-dealkylation sites (tertiary alicyclic amines) is 1. The molecule has 1 saturated heterocycles. The van der Waals surface area contributed by atoms with Gasteiger partial charge in [0.15, 0.2) is 5.13 Å². The minimum absolute atomic E-state index is 0.0136. The number of carboxylic acid groups (broad SMARTS) is 1. The molecular formula is C25H33N5O6S. The molecule has 11 nitrogen and oxygen atoms in total. The maximum absolute atomic E-state index is 11.8. The standard InChI is InChI=1S/C25H33N5O6S/c1-2-35-23(33)16-29-11-7-20(8-12-29)30(13-9-22(31)32)24-28-21(17-37-24)19-5-3-18(4-6-19)15-27-25(34)36-14-10-26/h3-6,15,17,20H,2,7-14,16,26H2,1H3,(H,31,32). The van der Waals surface area contributed by atoms with Crippen molar-refractivity contribution >= 4 is 40.7 Å². The Hall–Kier alpha value is -3.35. The summed E-state index contributed by atoms with van der Waals surface area (Å²) in [7, 11) is 0. The third-order valence-corrected chi connectivity index (χ3v) is 6.71. The van der Waals surface area contributed by atoms with Crippen molar-refractivity contribution in [3.05, 3.63) is 35.2 Å². The maximum Gasteiger partial charge on any atom is 0.433 e. The Kier molecular flexibility index (Phi) is 11.0. The SMILES string of the molecule is CCOC(=O)CN1CCC(N(CCC(=O)O)c2nc(-c3ccc(C=NC(=O)OCCN)cc3)cs2)CC1. The molecule has 1 amide bonds. The maximum atomic E-state index is 11.8. The highest BCUT2D eigenvalue weighted by Gasteiger charge is 2.28. The van der Waals surface area contributed by atoms with Gasteiger partial charge in [-0.15, -0.1) is 11.3 Å². The number of thiazole rings is 1. The average molecular weight is 532 g/mol. The van der Waals surface area contributed by atoms with Gasteiger partial charge in [0.1, 0.15) is 6.61 Å². The van der Waals surface area contributed by atoms with E-state index in [1.165, 1.54) is 17.6 Å². The van der Waals surface area contributed by atoms with Crippen LogP contribution < -0.4 is 10.6 Å². The molecule has 3 rings (SSSR count). The van der Waals surface area contributed by atoms with Gasteiger partial charge in [-0.25, -0.2) is 9.78 Å². The second-order valence-electron chi connectivity index (χ2n) is 8.45. The summed E-state index contributed by atoms with van der Waals surface area (Å²) in [5.74, 6) is -1.08. The largest absolute Gasteiger partial charge is 0.481 e. The predicted octanol–water partition coefficient (Wildman–Crippen LogP) is 2.63. The van der Waals surface area contributed by atoms with E-state index in [2.05, 4.69) is 14.8 Å². The first-order valence-corrected chi connectivity index (χ1v) is 13.1. The molecule has 1 aromatic heterocycles. The zero-order valence-electron chi connectivity index (χ0n) is 20.9. The van der Waals surface area contributed by atoms with E-state index in [9.17, 15) is 19.5 Å². The molecule has 0 spiro atoms. The number of carbonyl (C=O) groups excluding carboxylic acids is 2. The summed E-state index contributed by atoms with van der Waals surface area (Å²) < 4.78 is 9.86. The number of piperidine rings is 1. The molecule has 0 atom stereocenters. The zero-order chi connectivity index (χ0) is 26.6. The summed E-state index contributed by atoms with van der Waals surface area (Å²) in [5, 5.41) is 12.0. The molecule has 3 N–H and O–H groups in total. The average Bonchev–Trinajstić information content (AvgIpc) is 3.37. The number of hydrogen-bond donors (Lipinski definition) is 2. The molecule has 0 unspecified atom stereocenters. The molecule has 2 heterocycles. The molecule has 0 radical (unpaired) electrons. The molecule has 0 bridgehead atoms. The van der Waals surface area contributed by atoms with Crippen molar-refractivity contribution in [3.63, 3.8) is 0 Å². The number of aliphatic carboxylic acids is 1. The summed E-state index contributed by atoms with van der Waals surface area (Å²) >= 11 is 1.48. The Morgan fingerprint density at radius 1 is 1.24 bits per heavy atom. The number of anilines is 1. The monoisotopic (exact) mass is 531 g/mol. The highest BCUT2D eigenvalue weighted by Crippen LogP contribution is 2.31. The molecule has 0 saturated carbocycles. The van der Waals surface area contributed by atoms with E-state index in [0.717, 1.165) is 47.9 Å². The van der Waals surface area contributed by atoms with E-state index in [1.807, 2.05) is 29.6 Å². The van der Waals surface area contributed by atoms with Gasteiger partial charge in [0.25, 0.3) is 0 Å². The van der Waals surface area contributed by atoms with Crippen LogP contribution in [0.5, 0.6) is 0 Å². The number of esters is 1. The molecular weight excluding hydrogens is 498 g/mol. The normalized spacial score (nSPS) is 14.5. The fourth-order valence-corrected chi connectivity index (χ4v) is 4.94. The number of nitrogens with zero attached hydrogens (tertiary/aromatic N) is 4. The second-order valence-corrected chi connectivity index (χ2v) is 9.28. The third-order valence-electron chi connectivity index (χ3n) is 5.83. The molecule has 1 aliphatic rings. The number of amides is 1. The number of nitrogens with two attached hydrogens (primary N) is 1. The van der Waals surface area contributed by atoms with Crippen molar-refractivity contribution in [2.75, 3.05) is 50.8 Å². The molecule has 1 aromatic carbocycles. The van der Waals surface area contributed by atoms with Crippen molar-refractivity contribution in [2.45, 2.75) is 32.2 Å². The van der Waals surface area contributed by atoms with Crippen molar-refractivity contribution in [1.29, 1.82) is 0 Å². The first-order chi connectivity index (χ1) is 17.9. The summed E-state index contributed by atoms with van der Waals surface area (Å²) in [5.41, 5.74) is 7.72. The zero-order valence-corrected chi connectivity index (χ0v) is 21.7. The van der Waals surface area contributed by atoms with Crippen molar-refractivity contribution in [1.82, 2.24) is 9.88 Å². The van der Waals surface area contributed by atoms with Gasteiger partial charge in [0.2, 0.25) is 0 Å². The minimum Gasteiger partial charge on any atom is -0.481 e. The van der Waals surface area contributed by atoms with Gasteiger partial charge in [-0.05, 0) is 25.3 Å². The summed E-state index contributed by atoms with van der Waals surface area (Å²) in [6.07, 6.45) is 2.36. The Bertz CT molecular complexity index is 1070. The first-order valence-electron chi connectivity index (χ1n) is 12.2. The lowest BCUT2D eigenvalue weighted by atomic mass is 10.0. The van der Waals surface area contributed by atoms with E-state index >= 15 is 0 Å². The topological polar surface area (TPSA) is 148 Å². The highest BCUT2D eigenvalue weighted by atomic mass is 32.1. The number of benzene rings is 1. The van der Waals surface area contributed by atoms with Crippen molar-refractivity contribution in [3.8, 4) is 11.3 Å². The molecule has 2 aromatic rings. The van der Waals surface area contributed by atoms with E-state index < -0.39 is 12.1 Å². The Balaban J connectivity index is 1.66. The van der Waals surface area contributed by atoms with Crippen LogP contribution in [0.25, 0.3) is 11.3 Å². The Morgan fingerprint density at radius 3 is 2.62 bits per heavy atom. The number of aromatic nitrogens is 1. The summed E-state index contributed by atoms with van der Waals surface area (Å²) in [6.45, 7) is 4.62. The lowest BCUT2D eigenvalue weighted by Gasteiger charge is -2.38. The van der Waals surface area contributed by atoms with Crippen molar-refractivity contribution in [2.24, 2.45) is 10.7 Å². The molecule has 12 heteroatoms. The summed E-state index contributed by atoms with van der Waals surface area (Å²) in [6, 6.07) is 7.57. The van der Waals surface area contributed by atoms with Crippen molar-refractivity contribution < 1.29 is 29.0 Å². The van der Waals surface area contributed by atoms with E-state index in [0.29, 0.717) is 13.2 Å². The van der Waals surface area contributed by atoms with E-state index in [-0.39, 0.29) is 38.1 Å². The van der Waals surface area contributed by atoms with Crippen LogP contribution in [-0.2, 0) is 19.1 Å². The quantitative estimate of drug-likeness (QED) is 0.309. The fourth-order valence-electron chi connectivity index (χ4n) is 4.01. The highest BCUT2D eigenvalue weighted by molar-refractivity contribution is 7.14. The number of rotatable bonds is 12. The van der Waals surface area contributed by atoms with Crippen LogP contribution in [0.2, 0.25) is 0 Å².